The second-order valence-electron chi connectivity index (χ2n) is 15.0. The van der Waals surface area contributed by atoms with E-state index in [2.05, 4.69) is 15.6 Å². The molecule has 2 aromatic rings. The van der Waals surface area contributed by atoms with Gasteiger partial charge in [-0.2, -0.15) is 0 Å². The van der Waals surface area contributed by atoms with Gasteiger partial charge in [-0.05, 0) is 44.1 Å². The molecule has 2 heterocycles. The molecule has 0 spiro atoms. The van der Waals surface area contributed by atoms with Gasteiger partial charge in [0.1, 0.15) is 12.1 Å². The average Bonchev–Trinajstić information content (AvgIpc) is 3.84. The number of ketones is 2. The van der Waals surface area contributed by atoms with Gasteiger partial charge in [0.15, 0.2) is 11.6 Å². The highest BCUT2D eigenvalue weighted by Crippen LogP contribution is 2.46. The van der Waals surface area contributed by atoms with Gasteiger partial charge in [-0.1, -0.05) is 44.2 Å². The van der Waals surface area contributed by atoms with Gasteiger partial charge in [-0.25, -0.2) is 9.55 Å². The standard InChI is InChI=1S/C39H59N6O12P/c1-25(2)17-32(42-39(52)34-13-9-14-45(34)27(4)47)35(48)19-29(18-30-21-41-24-44(30)22-28-11-7-6-8-12-28)38(51)43-33(23-46)36(49)20-31(37(40)50)26(3)57-58(53,54)56-16-10-15-55-5/h6-8,11-12,21,24-26,29,31-34,46H,9-10,13-20,22-23H2,1-5H3,(H2,40,50)(H,42,52)(H,43,51)(H,53,54)/t26-,29-,31+,32+,33+,34+/m1/s1. The minimum atomic E-state index is -4.68. The summed E-state index contributed by atoms with van der Waals surface area (Å²) in [5.74, 6) is -6.43. The minimum Gasteiger partial charge on any atom is -0.394 e. The molecule has 6 N–H and O–H groups in total. The number of hydrogen-bond acceptors (Lipinski definition) is 12. The number of imidazole rings is 1. The van der Waals surface area contributed by atoms with Crippen LogP contribution in [-0.4, -0.2) is 117 Å². The van der Waals surface area contributed by atoms with Crippen LogP contribution in [0.15, 0.2) is 42.9 Å². The predicted molar refractivity (Wildman–Crippen MR) is 211 cm³/mol. The van der Waals surface area contributed by atoms with Crippen molar-refractivity contribution in [3.05, 3.63) is 54.1 Å². The second kappa shape index (κ2) is 23.3. The second-order valence-corrected chi connectivity index (χ2v) is 16.4. The zero-order chi connectivity index (χ0) is 43.0. The van der Waals surface area contributed by atoms with Crippen molar-refractivity contribution in [2.24, 2.45) is 23.5 Å². The molecule has 3 rings (SSSR count). The van der Waals surface area contributed by atoms with E-state index in [1.165, 1.54) is 25.9 Å². The first-order chi connectivity index (χ1) is 27.5. The van der Waals surface area contributed by atoms with E-state index < -0.39 is 86.2 Å². The van der Waals surface area contributed by atoms with Crippen molar-refractivity contribution < 1.29 is 57.1 Å². The Morgan fingerprint density at radius 3 is 2.33 bits per heavy atom. The third-order valence-electron chi connectivity index (χ3n) is 9.93. The number of aromatic nitrogens is 2. The van der Waals surface area contributed by atoms with Gasteiger partial charge in [0.05, 0.1) is 43.5 Å². The van der Waals surface area contributed by atoms with E-state index in [1.807, 2.05) is 48.7 Å². The molecule has 4 amide bonds. The first-order valence-electron chi connectivity index (χ1n) is 19.5. The lowest BCUT2D eigenvalue weighted by Crippen LogP contribution is -2.52. The van der Waals surface area contributed by atoms with Gasteiger partial charge >= 0.3 is 7.82 Å². The van der Waals surface area contributed by atoms with E-state index in [9.17, 15) is 43.3 Å². The lowest BCUT2D eigenvalue weighted by molar-refractivity contribution is -0.138. The fraction of sp³-hybridized carbons (Fsp3) is 0.615. The predicted octanol–water partition coefficient (Wildman–Crippen LogP) is 1.69. The van der Waals surface area contributed by atoms with Gasteiger partial charge < -0.3 is 40.6 Å². The van der Waals surface area contributed by atoms with Gasteiger partial charge in [-0.15, -0.1) is 0 Å². The number of phosphoric ester groups is 1. The van der Waals surface area contributed by atoms with Crippen LogP contribution < -0.4 is 16.4 Å². The third kappa shape index (κ3) is 15.1. The lowest BCUT2D eigenvalue weighted by Gasteiger charge is -2.27. The number of methoxy groups -OCH3 is 1. The molecule has 322 valence electrons. The molecule has 18 nitrogen and oxygen atoms in total. The third-order valence-corrected chi connectivity index (χ3v) is 11.0. The van der Waals surface area contributed by atoms with E-state index in [4.69, 9.17) is 19.5 Å². The van der Waals surface area contributed by atoms with Crippen LogP contribution in [-0.2, 0) is 60.1 Å². The van der Waals surface area contributed by atoms with Crippen molar-refractivity contribution in [1.82, 2.24) is 25.1 Å². The van der Waals surface area contributed by atoms with Crippen LogP contribution in [0.3, 0.4) is 0 Å². The van der Waals surface area contributed by atoms with E-state index in [1.54, 1.807) is 12.5 Å². The number of aliphatic hydroxyl groups is 1. The zero-order valence-electron chi connectivity index (χ0n) is 33.9. The zero-order valence-corrected chi connectivity index (χ0v) is 34.8. The molecule has 1 saturated heterocycles. The molecule has 0 aliphatic carbocycles. The topological polar surface area (TPSA) is 259 Å². The van der Waals surface area contributed by atoms with Gasteiger partial charge in [0.2, 0.25) is 23.6 Å². The van der Waals surface area contributed by atoms with Crippen LogP contribution >= 0.6 is 7.82 Å². The largest absolute Gasteiger partial charge is 0.472 e. The fourth-order valence-corrected chi connectivity index (χ4v) is 7.82. The molecular weight excluding hydrogens is 775 g/mol. The number of nitrogens with zero attached hydrogens (tertiary/aromatic N) is 3. The Morgan fingerprint density at radius 1 is 1.02 bits per heavy atom. The Labute approximate surface area is 339 Å². The molecule has 1 aliphatic rings. The maximum atomic E-state index is 14.1. The number of nitrogens with one attached hydrogen (secondary N) is 2. The SMILES string of the molecule is COCCCOP(=O)(O)O[C@H](C)[C@H](CC(=O)[C@H](CO)NC(=O)[C@@H](CC(=O)[C@H](CC(C)C)NC(=O)[C@@H]1CCCN1C(C)=O)Cc1cncn1Cc1ccccc1)C(N)=O. The number of primary amides is 1. The Morgan fingerprint density at radius 2 is 1.71 bits per heavy atom. The quantitative estimate of drug-likeness (QED) is 0.0669. The van der Waals surface area contributed by atoms with Crippen LogP contribution in [0.1, 0.15) is 77.5 Å². The number of Topliss-reactive ketones (excluding diaryl/α,β-unsaturated/α-hetero) is 2. The number of hydrogen-bond donors (Lipinski definition) is 5. The Kier molecular flexibility index (Phi) is 19.3. The average molecular weight is 835 g/mol. The van der Waals surface area contributed by atoms with Crippen molar-refractivity contribution in [1.29, 1.82) is 0 Å². The summed E-state index contributed by atoms with van der Waals surface area (Å²) < 4.78 is 29.2. The molecule has 0 radical (unpaired) electrons. The van der Waals surface area contributed by atoms with Gasteiger partial charge in [0.25, 0.3) is 0 Å². The van der Waals surface area contributed by atoms with Crippen LogP contribution in [0.2, 0.25) is 0 Å². The van der Waals surface area contributed by atoms with Crippen LogP contribution in [0.25, 0.3) is 0 Å². The number of rotatable bonds is 26. The Bertz CT molecular complexity index is 1740. The number of ether oxygens (including phenoxy) is 1. The Hall–Kier alpha value is -4.32. The highest BCUT2D eigenvalue weighted by molar-refractivity contribution is 7.47. The molecule has 0 bridgehead atoms. The molecule has 1 aromatic carbocycles. The summed E-state index contributed by atoms with van der Waals surface area (Å²) >= 11 is 0. The fourth-order valence-electron chi connectivity index (χ4n) is 6.83. The maximum Gasteiger partial charge on any atom is 0.472 e. The van der Waals surface area contributed by atoms with Gasteiger partial charge in [0, 0.05) is 64.9 Å². The van der Waals surface area contributed by atoms with Crippen LogP contribution in [0.4, 0.5) is 0 Å². The highest BCUT2D eigenvalue weighted by atomic mass is 31.2. The molecule has 7 atom stereocenters. The summed E-state index contributed by atoms with van der Waals surface area (Å²) in [6.07, 6.45) is 2.31. The van der Waals surface area contributed by atoms with E-state index in [-0.39, 0.29) is 50.7 Å². The van der Waals surface area contributed by atoms with Crippen LogP contribution in [0, 0.1) is 17.8 Å². The molecule has 58 heavy (non-hydrogen) atoms. The highest BCUT2D eigenvalue weighted by Gasteiger charge is 2.38. The summed E-state index contributed by atoms with van der Waals surface area (Å²) in [6, 6.07) is 6.21. The summed E-state index contributed by atoms with van der Waals surface area (Å²) in [4.78, 5) is 95.7. The summed E-state index contributed by atoms with van der Waals surface area (Å²) in [6.45, 7) is 6.42. The lowest BCUT2D eigenvalue weighted by atomic mass is 9.89. The molecule has 1 unspecified atom stereocenters. The first-order valence-corrected chi connectivity index (χ1v) is 21.0. The monoisotopic (exact) mass is 834 g/mol. The summed E-state index contributed by atoms with van der Waals surface area (Å²) in [5, 5.41) is 15.6. The normalized spacial score (nSPS) is 17.8. The first kappa shape index (κ1) is 48.1. The molecule has 1 aliphatic heterocycles. The number of carbonyl (C=O) groups is 6. The van der Waals surface area contributed by atoms with Crippen LogP contribution in [0.5, 0.6) is 0 Å². The summed E-state index contributed by atoms with van der Waals surface area (Å²) in [7, 11) is -3.23. The molecule has 19 heteroatoms. The van der Waals surface area contributed by atoms with E-state index in [0.717, 1.165) is 5.56 Å². The number of carbonyl (C=O) groups excluding carboxylic acids is 6. The van der Waals surface area contributed by atoms with Crippen molar-refractivity contribution in [2.45, 2.75) is 103 Å². The Balaban J connectivity index is 1.85. The number of nitrogens with two attached hydrogens (primary N) is 1. The molecular formula is C39H59N6O12P. The molecule has 0 saturated carbocycles. The van der Waals surface area contributed by atoms with Crippen molar-refractivity contribution in [3.8, 4) is 0 Å². The van der Waals surface area contributed by atoms with E-state index in [0.29, 0.717) is 31.6 Å². The number of aliphatic hydroxyl groups excluding tert-OH is 1. The number of amides is 4. The minimum absolute atomic E-state index is 0.0230. The van der Waals surface area contributed by atoms with Crippen molar-refractivity contribution in [2.75, 3.05) is 33.5 Å². The van der Waals surface area contributed by atoms with Gasteiger partial charge in [-0.3, -0.25) is 37.8 Å². The number of phosphoric acid groups is 1. The molecule has 1 aromatic heterocycles. The van der Waals surface area contributed by atoms with E-state index >= 15 is 0 Å². The number of benzene rings is 1. The van der Waals surface area contributed by atoms with Crippen molar-refractivity contribution >= 4 is 43.0 Å². The van der Waals surface area contributed by atoms with Crippen molar-refractivity contribution in [3.63, 3.8) is 0 Å². The smallest absolute Gasteiger partial charge is 0.394 e. The summed E-state index contributed by atoms with van der Waals surface area (Å²) in [5.41, 5.74) is 7.09. The molecule has 1 fully saturated rings. The maximum absolute atomic E-state index is 14.1. The number of likely N-dealkylation sites (tertiary alicyclic amines) is 1.